The Kier molecular flexibility index (Phi) is 7.50. The Labute approximate surface area is 194 Å². The minimum atomic E-state index is 0.437. The van der Waals surface area contributed by atoms with Gasteiger partial charge in [-0.1, -0.05) is 45.4 Å². The molecule has 2 aromatic carbocycles. The summed E-state index contributed by atoms with van der Waals surface area (Å²) in [6, 6.07) is 15.8. The summed E-state index contributed by atoms with van der Waals surface area (Å²) >= 11 is 1.84. The number of anilines is 1. The third-order valence-corrected chi connectivity index (χ3v) is 6.67. The SMILES string of the molecule is CC.CCCC1CN(Sc2ccc3[nH]ncc3c2)Cc2ccccc2N1Cc1cnc[nH]1. The number of nitrogens with one attached hydrogen (secondary N) is 2. The molecule has 0 saturated carbocycles. The zero-order valence-electron chi connectivity index (χ0n) is 19.1. The van der Waals surface area contributed by atoms with Crippen LogP contribution in [0, 0.1) is 0 Å². The molecule has 1 aliphatic rings. The van der Waals surface area contributed by atoms with Gasteiger partial charge in [0.15, 0.2) is 0 Å². The van der Waals surface area contributed by atoms with Crippen LogP contribution in [0.3, 0.4) is 0 Å². The van der Waals surface area contributed by atoms with Crippen LogP contribution < -0.4 is 4.90 Å². The standard InChI is InChI=1S/C23H26N6S.C2H6/c1-2-5-20-15-28(30-21-8-9-22-18(10-21)11-26-27-22)13-17-6-3-4-7-23(17)29(20)14-19-12-24-16-25-19;1-2/h3-4,6-12,16,20H,2,5,13-15H2,1H3,(H,24,25)(H,26,27);1-2H3. The Morgan fingerprint density at radius 2 is 2.00 bits per heavy atom. The number of imidazole rings is 1. The molecule has 1 unspecified atom stereocenters. The second-order valence-corrected chi connectivity index (χ2v) is 8.98. The Morgan fingerprint density at radius 3 is 2.81 bits per heavy atom. The van der Waals surface area contributed by atoms with E-state index in [1.807, 2.05) is 38.2 Å². The first-order valence-corrected chi connectivity index (χ1v) is 12.3. The van der Waals surface area contributed by atoms with E-state index >= 15 is 0 Å². The van der Waals surface area contributed by atoms with Crippen molar-refractivity contribution in [3.8, 4) is 0 Å². The molecule has 0 bridgehead atoms. The van der Waals surface area contributed by atoms with Gasteiger partial charge in [-0.25, -0.2) is 9.29 Å². The predicted octanol–water partition coefficient (Wildman–Crippen LogP) is 6.01. The first-order chi connectivity index (χ1) is 15.8. The average molecular weight is 449 g/mol. The van der Waals surface area contributed by atoms with Gasteiger partial charge in [0.25, 0.3) is 0 Å². The fourth-order valence-corrected chi connectivity index (χ4v) is 5.31. The van der Waals surface area contributed by atoms with E-state index in [0.29, 0.717) is 6.04 Å². The van der Waals surface area contributed by atoms with Crippen molar-refractivity contribution in [2.45, 2.75) is 57.6 Å². The summed E-state index contributed by atoms with van der Waals surface area (Å²) in [6.45, 7) is 9.05. The highest BCUT2D eigenvalue weighted by Crippen LogP contribution is 2.35. The highest BCUT2D eigenvalue weighted by Gasteiger charge is 2.28. The summed E-state index contributed by atoms with van der Waals surface area (Å²) in [4.78, 5) is 11.3. The number of nitrogens with zero attached hydrogens (tertiary/aromatic N) is 4. The maximum Gasteiger partial charge on any atom is 0.0922 e. The fourth-order valence-electron chi connectivity index (χ4n) is 4.26. The maximum atomic E-state index is 4.22. The first kappa shape index (κ1) is 22.4. The normalized spacial score (nSPS) is 16.3. The monoisotopic (exact) mass is 448 g/mol. The highest BCUT2D eigenvalue weighted by molar-refractivity contribution is 7.97. The molecule has 1 aliphatic heterocycles. The van der Waals surface area contributed by atoms with Crippen LogP contribution in [-0.2, 0) is 13.1 Å². The molecule has 168 valence electrons. The lowest BCUT2D eigenvalue weighted by atomic mass is 10.1. The maximum absolute atomic E-state index is 4.22. The Balaban J connectivity index is 0.00000119. The fraction of sp³-hybridized carbons (Fsp3) is 0.360. The van der Waals surface area contributed by atoms with E-state index in [1.165, 1.54) is 16.1 Å². The largest absolute Gasteiger partial charge is 0.361 e. The van der Waals surface area contributed by atoms with Crippen LogP contribution in [0.2, 0.25) is 0 Å². The van der Waals surface area contributed by atoms with E-state index in [2.05, 4.69) is 78.8 Å². The molecule has 0 amide bonds. The molecule has 0 saturated heterocycles. The Hall–Kier alpha value is -2.77. The topological polar surface area (TPSA) is 63.8 Å². The van der Waals surface area contributed by atoms with E-state index in [-0.39, 0.29) is 0 Å². The van der Waals surface area contributed by atoms with Gasteiger partial charge in [-0.2, -0.15) is 5.10 Å². The molecule has 5 rings (SSSR count). The van der Waals surface area contributed by atoms with Gasteiger partial charge in [0.1, 0.15) is 0 Å². The van der Waals surface area contributed by atoms with Crippen molar-refractivity contribution in [2.24, 2.45) is 0 Å². The summed E-state index contributed by atoms with van der Waals surface area (Å²) in [5.41, 5.74) is 4.93. The van der Waals surface area contributed by atoms with Crippen LogP contribution in [0.5, 0.6) is 0 Å². The number of hydrogen-bond donors (Lipinski definition) is 2. The summed E-state index contributed by atoms with van der Waals surface area (Å²) in [5.74, 6) is 0. The van der Waals surface area contributed by atoms with Crippen LogP contribution in [-0.4, -0.2) is 37.1 Å². The van der Waals surface area contributed by atoms with E-state index in [4.69, 9.17) is 0 Å². The van der Waals surface area contributed by atoms with Crippen LogP contribution in [0.4, 0.5) is 5.69 Å². The van der Waals surface area contributed by atoms with Crippen LogP contribution in [0.25, 0.3) is 10.9 Å². The van der Waals surface area contributed by atoms with Crippen molar-refractivity contribution in [1.29, 1.82) is 0 Å². The van der Waals surface area contributed by atoms with Gasteiger partial charge >= 0.3 is 0 Å². The van der Waals surface area contributed by atoms with Gasteiger partial charge in [-0.3, -0.25) is 5.10 Å². The molecule has 7 heteroatoms. The first-order valence-electron chi connectivity index (χ1n) is 11.5. The summed E-state index contributed by atoms with van der Waals surface area (Å²) in [6.07, 6.45) is 7.90. The van der Waals surface area contributed by atoms with Gasteiger partial charge < -0.3 is 9.88 Å². The van der Waals surface area contributed by atoms with Gasteiger partial charge in [0.05, 0.1) is 30.3 Å². The van der Waals surface area contributed by atoms with Crippen molar-refractivity contribution >= 4 is 28.5 Å². The number of H-pyrrole nitrogens is 2. The third kappa shape index (κ3) is 5.00. The van der Waals surface area contributed by atoms with Crippen LogP contribution >= 0.6 is 11.9 Å². The molecule has 2 aromatic heterocycles. The Morgan fingerprint density at radius 1 is 1.12 bits per heavy atom. The number of aromatic nitrogens is 4. The van der Waals surface area contributed by atoms with E-state index in [9.17, 15) is 0 Å². The van der Waals surface area contributed by atoms with E-state index in [0.717, 1.165) is 49.1 Å². The van der Waals surface area contributed by atoms with Gasteiger partial charge in [-0.15, -0.1) is 0 Å². The summed E-state index contributed by atoms with van der Waals surface area (Å²) in [5, 5.41) is 8.34. The van der Waals surface area contributed by atoms with Crippen molar-refractivity contribution in [1.82, 2.24) is 24.5 Å². The number of hydrogen-bond acceptors (Lipinski definition) is 5. The van der Waals surface area contributed by atoms with Gasteiger partial charge in [0, 0.05) is 41.3 Å². The zero-order chi connectivity index (χ0) is 22.3. The predicted molar refractivity (Wildman–Crippen MR) is 134 cm³/mol. The molecule has 6 nitrogen and oxygen atoms in total. The molecule has 2 N–H and O–H groups in total. The molecular formula is C25H32N6S. The van der Waals surface area contributed by atoms with Crippen molar-refractivity contribution in [3.05, 3.63) is 72.4 Å². The number of rotatable bonds is 6. The van der Waals surface area contributed by atoms with Gasteiger partial charge in [0.2, 0.25) is 0 Å². The van der Waals surface area contributed by atoms with Crippen molar-refractivity contribution < 1.29 is 0 Å². The number of fused-ring (bicyclic) bond motifs is 2. The van der Waals surface area contributed by atoms with Gasteiger partial charge in [-0.05, 0) is 48.2 Å². The molecule has 0 aliphatic carbocycles. The minimum Gasteiger partial charge on any atom is -0.361 e. The smallest absolute Gasteiger partial charge is 0.0922 e. The van der Waals surface area contributed by atoms with Crippen LogP contribution in [0.15, 0.2) is 66.1 Å². The average Bonchev–Trinajstić information content (AvgIpc) is 3.48. The summed E-state index contributed by atoms with van der Waals surface area (Å²) < 4.78 is 2.51. The summed E-state index contributed by atoms with van der Waals surface area (Å²) in [7, 11) is 0. The Bertz CT molecular complexity index is 1110. The van der Waals surface area contributed by atoms with E-state index < -0.39 is 0 Å². The molecule has 0 spiro atoms. The third-order valence-electron chi connectivity index (χ3n) is 5.67. The lowest BCUT2D eigenvalue weighted by Crippen LogP contribution is -2.40. The van der Waals surface area contributed by atoms with E-state index in [1.54, 1.807) is 6.33 Å². The zero-order valence-corrected chi connectivity index (χ0v) is 19.9. The molecule has 0 fully saturated rings. The molecule has 3 heterocycles. The quantitative estimate of drug-likeness (QED) is 0.354. The van der Waals surface area contributed by atoms with Crippen molar-refractivity contribution in [2.75, 3.05) is 11.4 Å². The highest BCUT2D eigenvalue weighted by atomic mass is 32.2. The molecule has 32 heavy (non-hydrogen) atoms. The lowest BCUT2D eigenvalue weighted by molar-refractivity contribution is 0.405. The molecule has 1 atom stereocenters. The minimum absolute atomic E-state index is 0.437. The number of aromatic amines is 2. The number of benzene rings is 2. The van der Waals surface area contributed by atoms with Crippen molar-refractivity contribution in [3.63, 3.8) is 0 Å². The second-order valence-electron chi connectivity index (χ2n) is 7.81. The number of para-hydroxylation sites is 1. The second kappa shape index (κ2) is 10.7. The molecule has 4 aromatic rings. The van der Waals surface area contributed by atoms with Crippen LogP contribution in [0.1, 0.15) is 44.9 Å². The molecular weight excluding hydrogens is 416 g/mol. The lowest BCUT2D eigenvalue weighted by Gasteiger charge is -2.33. The molecule has 0 radical (unpaired) electrons.